The van der Waals surface area contributed by atoms with E-state index in [1.165, 1.54) is 0 Å². The Labute approximate surface area is 133 Å². The van der Waals surface area contributed by atoms with Crippen LogP contribution < -0.4 is 10.3 Å². The SMILES string of the molecule is COc1ccc(C2(c3nc4c(c(=O)[nH]3)CCC4)CC2)c(Cl)c1. The number of aromatic amines is 1. The molecule has 1 N–H and O–H groups in total. The van der Waals surface area contributed by atoms with Crippen molar-refractivity contribution in [3.63, 3.8) is 0 Å². The number of hydrogen-bond donors (Lipinski definition) is 1. The highest BCUT2D eigenvalue weighted by molar-refractivity contribution is 6.31. The molecule has 0 aliphatic heterocycles. The van der Waals surface area contributed by atoms with Crippen molar-refractivity contribution in [3.05, 3.63) is 56.2 Å². The topological polar surface area (TPSA) is 55.0 Å². The molecule has 0 unspecified atom stereocenters. The Morgan fingerprint density at radius 3 is 2.82 bits per heavy atom. The first-order chi connectivity index (χ1) is 10.6. The van der Waals surface area contributed by atoms with Crippen LogP contribution in [0.1, 0.15) is 41.9 Å². The zero-order valence-electron chi connectivity index (χ0n) is 12.4. The van der Waals surface area contributed by atoms with Crippen molar-refractivity contribution in [2.24, 2.45) is 0 Å². The molecule has 0 atom stereocenters. The smallest absolute Gasteiger partial charge is 0.254 e. The zero-order valence-corrected chi connectivity index (χ0v) is 13.2. The molecule has 1 heterocycles. The van der Waals surface area contributed by atoms with Gasteiger partial charge in [0, 0.05) is 10.6 Å². The van der Waals surface area contributed by atoms with Gasteiger partial charge < -0.3 is 9.72 Å². The summed E-state index contributed by atoms with van der Waals surface area (Å²) >= 11 is 6.44. The summed E-state index contributed by atoms with van der Waals surface area (Å²) in [7, 11) is 1.62. The molecule has 1 aromatic carbocycles. The van der Waals surface area contributed by atoms with Crippen molar-refractivity contribution in [1.82, 2.24) is 9.97 Å². The van der Waals surface area contributed by atoms with Gasteiger partial charge in [0.05, 0.1) is 18.2 Å². The van der Waals surface area contributed by atoms with Gasteiger partial charge >= 0.3 is 0 Å². The minimum absolute atomic E-state index is 0.0217. The number of nitrogens with one attached hydrogen (secondary N) is 1. The first kappa shape index (κ1) is 13.8. The fraction of sp³-hybridized carbons (Fsp3) is 0.412. The van der Waals surface area contributed by atoms with Gasteiger partial charge in [-0.25, -0.2) is 4.98 Å². The highest BCUT2D eigenvalue weighted by Gasteiger charge is 2.50. The normalized spacial score (nSPS) is 18.1. The lowest BCUT2D eigenvalue weighted by molar-refractivity contribution is 0.414. The molecule has 0 bridgehead atoms. The van der Waals surface area contributed by atoms with E-state index in [-0.39, 0.29) is 11.0 Å². The molecule has 2 aliphatic rings. The van der Waals surface area contributed by atoms with Gasteiger partial charge in [0.2, 0.25) is 0 Å². The maximum absolute atomic E-state index is 12.3. The number of ether oxygens (including phenoxy) is 1. The summed E-state index contributed by atoms with van der Waals surface area (Å²) in [5, 5.41) is 0.667. The van der Waals surface area contributed by atoms with Crippen LogP contribution >= 0.6 is 11.6 Å². The summed E-state index contributed by atoms with van der Waals surface area (Å²) < 4.78 is 5.21. The molecule has 5 heteroatoms. The summed E-state index contributed by atoms with van der Waals surface area (Å²) in [6, 6.07) is 5.72. The second kappa shape index (κ2) is 4.85. The molecule has 0 radical (unpaired) electrons. The number of H-pyrrole nitrogens is 1. The Morgan fingerprint density at radius 2 is 2.14 bits per heavy atom. The zero-order chi connectivity index (χ0) is 15.3. The Morgan fingerprint density at radius 1 is 1.32 bits per heavy atom. The maximum Gasteiger partial charge on any atom is 0.254 e. The van der Waals surface area contributed by atoms with E-state index in [0.717, 1.165) is 60.5 Å². The predicted octanol–water partition coefficient (Wildman–Crippen LogP) is 3.00. The minimum Gasteiger partial charge on any atom is -0.497 e. The number of aromatic nitrogens is 2. The van der Waals surface area contributed by atoms with Crippen molar-refractivity contribution < 1.29 is 4.74 Å². The number of nitrogens with zero attached hydrogens (tertiary/aromatic N) is 1. The maximum atomic E-state index is 12.3. The lowest BCUT2D eigenvalue weighted by Crippen LogP contribution is -2.23. The highest BCUT2D eigenvalue weighted by Crippen LogP contribution is 2.54. The summed E-state index contributed by atoms with van der Waals surface area (Å²) in [6.07, 6.45) is 4.68. The Bertz CT molecular complexity index is 809. The van der Waals surface area contributed by atoms with E-state index in [9.17, 15) is 4.79 Å². The average molecular weight is 317 g/mol. The third-order valence-corrected chi connectivity index (χ3v) is 5.15. The van der Waals surface area contributed by atoms with Gasteiger partial charge in [-0.1, -0.05) is 17.7 Å². The van der Waals surface area contributed by atoms with Crippen LogP contribution in [0.5, 0.6) is 5.75 Å². The fourth-order valence-electron chi connectivity index (χ4n) is 3.44. The molecule has 0 spiro atoms. The molecule has 2 aromatic rings. The second-order valence-corrected chi connectivity index (χ2v) is 6.53. The van der Waals surface area contributed by atoms with Gasteiger partial charge in [-0.2, -0.15) is 0 Å². The monoisotopic (exact) mass is 316 g/mol. The molecule has 4 nitrogen and oxygen atoms in total. The van der Waals surface area contributed by atoms with E-state index in [1.54, 1.807) is 7.11 Å². The molecule has 0 amide bonds. The predicted molar refractivity (Wildman–Crippen MR) is 84.9 cm³/mol. The van der Waals surface area contributed by atoms with Crippen LogP contribution in [0.15, 0.2) is 23.0 Å². The number of rotatable bonds is 3. The van der Waals surface area contributed by atoms with Gasteiger partial charge in [0.25, 0.3) is 5.56 Å². The molecule has 2 aliphatic carbocycles. The lowest BCUT2D eigenvalue weighted by Gasteiger charge is -2.18. The number of hydrogen-bond acceptors (Lipinski definition) is 3. The third-order valence-electron chi connectivity index (χ3n) is 4.84. The van der Waals surface area contributed by atoms with E-state index >= 15 is 0 Å². The highest BCUT2D eigenvalue weighted by atomic mass is 35.5. The second-order valence-electron chi connectivity index (χ2n) is 6.12. The minimum atomic E-state index is -0.236. The van der Waals surface area contributed by atoms with Crippen molar-refractivity contribution in [2.45, 2.75) is 37.5 Å². The van der Waals surface area contributed by atoms with Gasteiger partial charge in [-0.05, 0) is 49.8 Å². The van der Waals surface area contributed by atoms with E-state index in [0.29, 0.717) is 5.02 Å². The van der Waals surface area contributed by atoms with Crippen LogP contribution in [0.3, 0.4) is 0 Å². The van der Waals surface area contributed by atoms with Gasteiger partial charge in [0.1, 0.15) is 11.6 Å². The molecule has 1 saturated carbocycles. The largest absolute Gasteiger partial charge is 0.497 e. The Kier molecular flexibility index (Phi) is 3.05. The quantitative estimate of drug-likeness (QED) is 0.947. The summed E-state index contributed by atoms with van der Waals surface area (Å²) in [5.41, 5.74) is 2.64. The van der Waals surface area contributed by atoms with Crippen molar-refractivity contribution in [3.8, 4) is 5.75 Å². The molecule has 1 fully saturated rings. The summed E-state index contributed by atoms with van der Waals surface area (Å²) in [6.45, 7) is 0. The number of methoxy groups -OCH3 is 1. The molecular formula is C17H17ClN2O2. The summed E-state index contributed by atoms with van der Waals surface area (Å²) in [4.78, 5) is 20.0. The molecule has 22 heavy (non-hydrogen) atoms. The van der Waals surface area contributed by atoms with Crippen LogP contribution in [-0.4, -0.2) is 17.1 Å². The third kappa shape index (κ3) is 1.97. The number of fused-ring (bicyclic) bond motifs is 1. The Balaban J connectivity index is 1.82. The first-order valence-corrected chi connectivity index (χ1v) is 7.98. The van der Waals surface area contributed by atoms with Crippen LogP contribution in [0.2, 0.25) is 5.02 Å². The number of aryl methyl sites for hydroxylation is 1. The molecule has 1 aromatic heterocycles. The molecular weight excluding hydrogens is 300 g/mol. The van der Waals surface area contributed by atoms with Crippen molar-refractivity contribution in [2.75, 3.05) is 7.11 Å². The first-order valence-electron chi connectivity index (χ1n) is 7.60. The summed E-state index contributed by atoms with van der Waals surface area (Å²) in [5.74, 6) is 1.50. The lowest BCUT2D eigenvalue weighted by atomic mass is 9.94. The Hall–Kier alpha value is -1.81. The standard InChI is InChI=1S/C17H17ClN2O2/c1-22-10-5-6-12(13(18)9-10)17(7-8-17)16-19-14-4-2-3-11(14)15(21)20-16/h5-6,9H,2-4,7-8H2,1H3,(H,19,20,21). The molecule has 114 valence electrons. The number of benzene rings is 1. The van der Waals surface area contributed by atoms with E-state index in [2.05, 4.69) is 4.98 Å². The van der Waals surface area contributed by atoms with Crippen LogP contribution in [0, 0.1) is 0 Å². The van der Waals surface area contributed by atoms with Gasteiger partial charge in [0.15, 0.2) is 0 Å². The molecule has 0 saturated heterocycles. The van der Waals surface area contributed by atoms with E-state index < -0.39 is 0 Å². The fourth-order valence-corrected chi connectivity index (χ4v) is 3.79. The number of halogens is 1. The van der Waals surface area contributed by atoms with Gasteiger partial charge in [-0.3, -0.25) is 4.79 Å². The van der Waals surface area contributed by atoms with Crippen LogP contribution in [0.4, 0.5) is 0 Å². The van der Waals surface area contributed by atoms with Crippen molar-refractivity contribution >= 4 is 11.6 Å². The van der Waals surface area contributed by atoms with Gasteiger partial charge in [-0.15, -0.1) is 0 Å². The molecule has 4 rings (SSSR count). The van der Waals surface area contributed by atoms with E-state index in [1.807, 2.05) is 18.2 Å². The van der Waals surface area contributed by atoms with Crippen LogP contribution in [0.25, 0.3) is 0 Å². The van der Waals surface area contributed by atoms with E-state index in [4.69, 9.17) is 21.3 Å². The van der Waals surface area contributed by atoms with Crippen molar-refractivity contribution in [1.29, 1.82) is 0 Å². The average Bonchev–Trinajstić information content (AvgIpc) is 3.17. The van der Waals surface area contributed by atoms with Crippen LogP contribution in [-0.2, 0) is 18.3 Å².